The number of amides is 2. The van der Waals surface area contributed by atoms with Gasteiger partial charge in [-0.2, -0.15) is 9.61 Å². The zero-order chi connectivity index (χ0) is 20.6. The van der Waals surface area contributed by atoms with Gasteiger partial charge in [0.2, 0.25) is 5.88 Å². The maximum atomic E-state index is 12.9. The van der Waals surface area contributed by atoms with Gasteiger partial charge >= 0.3 is 5.91 Å². The molecule has 2 aromatic heterocycles. The van der Waals surface area contributed by atoms with Gasteiger partial charge in [0, 0.05) is 29.4 Å². The first-order chi connectivity index (χ1) is 13.2. The average molecular weight is 387 g/mol. The molecule has 0 bridgehead atoms. The van der Waals surface area contributed by atoms with Crippen LogP contribution in [0.5, 0.6) is 5.88 Å². The van der Waals surface area contributed by atoms with Crippen molar-refractivity contribution in [2.75, 3.05) is 0 Å². The standard InChI is InChI=1S/C18H21N5O5/c1-9(2)8-22-16-12(6-7-13(24)21-28)10(3)20-23(16)18(27)14(17(22)26)15(25)19-11-4-5-11/h6-7,9,11,26H,4-5,8H2,1-3H3,(H,19,25)/b7-6+. The fraction of sp³-hybridized carbons (Fsp3) is 0.444. The Morgan fingerprint density at radius 1 is 1.39 bits per heavy atom. The topological polar surface area (TPSA) is 135 Å². The summed E-state index contributed by atoms with van der Waals surface area (Å²) in [5, 5.41) is 20.0. The average Bonchev–Trinajstić information content (AvgIpc) is 3.37. The van der Waals surface area contributed by atoms with E-state index in [4.69, 9.17) is 0 Å². The molecule has 0 radical (unpaired) electrons. The van der Waals surface area contributed by atoms with E-state index >= 15 is 0 Å². The molecule has 0 unspecified atom stereocenters. The summed E-state index contributed by atoms with van der Waals surface area (Å²) >= 11 is 0. The summed E-state index contributed by atoms with van der Waals surface area (Å²) in [5.74, 6) is -2.02. The summed E-state index contributed by atoms with van der Waals surface area (Å²) in [7, 11) is 0. The number of nitroso groups, excluding NO2 is 1. The first-order valence-corrected chi connectivity index (χ1v) is 8.96. The summed E-state index contributed by atoms with van der Waals surface area (Å²) in [6, 6.07) is 0.0141. The quantitative estimate of drug-likeness (QED) is 0.568. The molecule has 0 spiro atoms. The smallest absolute Gasteiger partial charge is 0.309 e. The Labute approximate surface area is 159 Å². The van der Waals surface area contributed by atoms with Gasteiger partial charge in [-0.25, -0.2) is 0 Å². The minimum absolute atomic E-state index is 0.0141. The minimum Gasteiger partial charge on any atom is -0.494 e. The van der Waals surface area contributed by atoms with Crippen LogP contribution in [0.25, 0.3) is 11.7 Å². The molecule has 10 heteroatoms. The number of carbonyl (C=O) groups excluding carboxylic acids is 2. The second-order valence-corrected chi connectivity index (χ2v) is 7.25. The van der Waals surface area contributed by atoms with E-state index in [0.29, 0.717) is 17.8 Å². The Kier molecular flexibility index (Phi) is 5.12. The third-order valence-electron chi connectivity index (χ3n) is 4.39. The van der Waals surface area contributed by atoms with Crippen LogP contribution < -0.4 is 10.9 Å². The monoisotopic (exact) mass is 387 g/mol. The number of aromatic hydroxyl groups is 1. The van der Waals surface area contributed by atoms with E-state index in [1.807, 2.05) is 13.8 Å². The number of carbonyl (C=O) groups is 2. The Bertz CT molecular complexity index is 1060. The van der Waals surface area contributed by atoms with E-state index in [0.717, 1.165) is 23.4 Å². The molecule has 2 N–H and O–H groups in total. The highest BCUT2D eigenvalue weighted by molar-refractivity contribution is 5.97. The minimum atomic E-state index is -0.985. The van der Waals surface area contributed by atoms with E-state index in [1.165, 1.54) is 10.6 Å². The van der Waals surface area contributed by atoms with Gasteiger partial charge in [-0.15, -0.1) is 4.91 Å². The zero-order valence-electron chi connectivity index (χ0n) is 15.8. The fourth-order valence-electron chi connectivity index (χ4n) is 2.97. The van der Waals surface area contributed by atoms with Crippen LogP contribution in [0.1, 0.15) is 48.3 Å². The molecule has 2 heterocycles. The molecule has 0 aromatic carbocycles. The number of hydrogen-bond acceptors (Lipinski definition) is 6. The molecule has 1 saturated carbocycles. The van der Waals surface area contributed by atoms with Crippen molar-refractivity contribution in [3.05, 3.63) is 38.2 Å². The molecule has 1 aliphatic carbocycles. The van der Waals surface area contributed by atoms with Crippen LogP contribution in [-0.2, 0) is 11.3 Å². The fourth-order valence-corrected chi connectivity index (χ4v) is 2.97. The van der Waals surface area contributed by atoms with Crippen LogP contribution in [-0.4, -0.2) is 37.1 Å². The van der Waals surface area contributed by atoms with Gasteiger partial charge in [-0.05, 0) is 31.8 Å². The molecule has 2 aromatic rings. The number of aromatic nitrogens is 3. The van der Waals surface area contributed by atoms with Gasteiger partial charge in [0.1, 0.15) is 5.65 Å². The highest BCUT2D eigenvalue weighted by atomic mass is 16.3. The van der Waals surface area contributed by atoms with Gasteiger partial charge in [0.05, 0.1) is 5.69 Å². The number of hydrogen-bond donors (Lipinski definition) is 2. The van der Waals surface area contributed by atoms with Crippen LogP contribution in [0.15, 0.2) is 16.0 Å². The Morgan fingerprint density at radius 3 is 2.64 bits per heavy atom. The maximum absolute atomic E-state index is 12.9. The summed E-state index contributed by atoms with van der Waals surface area (Å²) in [6.45, 7) is 5.74. The van der Waals surface area contributed by atoms with Crippen LogP contribution in [0, 0.1) is 17.7 Å². The van der Waals surface area contributed by atoms with Crippen molar-refractivity contribution in [1.29, 1.82) is 0 Å². The van der Waals surface area contributed by atoms with E-state index in [-0.39, 0.29) is 23.2 Å². The predicted octanol–water partition coefficient (Wildman–Crippen LogP) is 1.36. The van der Waals surface area contributed by atoms with Crippen molar-refractivity contribution in [2.24, 2.45) is 11.1 Å². The highest BCUT2D eigenvalue weighted by Gasteiger charge is 2.30. The van der Waals surface area contributed by atoms with Gasteiger partial charge in [-0.1, -0.05) is 13.8 Å². The molecular weight excluding hydrogens is 366 g/mol. The van der Waals surface area contributed by atoms with E-state index < -0.39 is 23.3 Å². The molecule has 1 fully saturated rings. The number of nitrogens with zero attached hydrogens (tertiary/aromatic N) is 4. The lowest BCUT2D eigenvalue weighted by Gasteiger charge is -2.17. The number of nitrogens with one attached hydrogen (secondary N) is 1. The molecule has 2 amide bonds. The lowest BCUT2D eigenvalue weighted by molar-refractivity contribution is -0.113. The highest BCUT2D eigenvalue weighted by Crippen LogP contribution is 2.26. The molecular formula is C18H21N5O5. The van der Waals surface area contributed by atoms with E-state index in [1.54, 1.807) is 6.92 Å². The van der Waals surface area contributed by atoms with Crippen LogP contribution >= 0.6 is 0 Å². The molecule has 1 aliphatic rings. The van der Waals surface area contributed by atoms with Crippen molar-refractivity contribution in [2.45, 2.75) is 46.2 Å². The second-order valence-electron chi connectivity index (χ2n) is 7.25. The number of aryl methyl sites for hydroxylation is 1. The molecule has 0 atom stereocenters. The molecule has 148 valence electrons. The van der Waals surface area contributed by atoms with Crippen LogP contribution in [0.3, 0.4) is 0 Å². The van der Waals surface area contributed by atoms with Gasteiger partial charge in [-0.3, -0.25) is 19.0 Å². The number of fused-ring (bicyclic) bond motifs is 1. The Morgan fingerprint density at radius 2 is 2.07 bits per heavy atom. The summed E-state index contributed by atoms with van der Waals surface area (Å²) < 4.78 is 2.46. The summed E-state index contributed by atoms with van der Waals surface area (Å²) in [4.78, 5) is 47.0. The zero-order valence-corrected chi connectivity index (χ0v) is 15.8. The van der Waals surface area contributed by atoms with Crippen molar-refractivity contribution in [3.63, 3.8) is 0 Å². The van der Waals surface area contributed by atoms with Crippen molar-refractivity contribution >= 4 is 23.5 Å². The van der Waals surface area contributed by atoms with Crippen molar-refractivity contribution in [3.8, 4) is 5.88 Å². The molecule has 28 heavy (non-hydrogen) atoms. The summed E-state index contributed by atoms with van der Waals surface area (Å²) in [5.41, 5.74) is -0.133. The van der Waals surface area contributed by atoms with Crippen LogP contribution in [0.4, 0.5) is 0 Å². The third kappa shape index (κ3) is 3.57. The second kappa shape index (κ2) is 7.37. The summed E-state index contributed by atoms with van der Waals surface area (Å²) in [6.07, 6.45) is 3.96. The third-order valence-corrected chi connectivity index (χ3v) is 4.39. The predicted molar refractivity (Wildman–Crippen MR) is 101 cm³/mol. The van der Waals surface area contributed by atoms with Crippen LogP contribution in [0.2, 0.25) is 0 Å². The van der Waals surface area contributed by atoms with Gasteiger partial charge in [0.15, 0.2) is 5.56 Å². The Hall–Kier alpha value is -3.30. The van der Waals surface area contributed by atoms with E-state index in [2.05, 4.69) is 15.6 Å². The SMILES string of the molecule is Cc1nn2c(=O)c(C(=O)NC3CC3)c(O)n(CC(C)C)c2c1/C=C/C(=O)N=O. The normalized spacial score (nSPS) is 14.1. The number of rotatable bonds is 6. The Balaban J connectivity index is 2.28. The lowest BCUT2D eigenvalue weighted by Crippen LogP contribution is -2.34. The van der Waals surface area contributed by atoms with Crippen molar-refractivity contribution in [1.82, 2.24) is 19.5 Å². The maximum Gasteiger partial charge on any atom is 0.309 e. The molecule has 10 nitrogen and oxygen atoms in total. The largest absolute Gasteiger partial charge is 0.494 e. The van der Waals surface area contributed by atoms with E-state index in [9.17, 15) is 24.4 Å². The first-order valence-electron chi connectivity index (χ1n) is 8.96. The molecule has 3 rings (SSSR count). The van der Waals surface area contributed by atoms with Gasteiger partial charge in [0.25, 0.3) is 11.5 Å². The van der Waals surface area contributed by atoms with Crippen molar-refractivity contribution < 1.29 is 14.7 Å². The lowest BCUT2D eigenvalue weighted by atomic mass is 10.1. The van der Waals surface area contributed by atoms with Gasteiger partial charge < -0.3 is 10.4 Å². The first kappa shape index (κ1) is 19.5. The molecule has 0 saturated heterocycles. The molecule has 0 aliphatic heterocycles.